The van der Waals surface area contributed by atoms with E-state index < -0.39 is 42.1 Å². The van der Waals surface area contributed by atoms with E-state index in [1.54, 1.807) is 0 Å². The van der Waals surface area contributed by atoms with Gasteiger partial charge in [-0.2, -0.15) is 0 Å². The van der Waals surface area contributed by atoms with Gasteiger partial charge >= 0.3 is 12.1 Å². The summed E-state index contributed by atoms with van der Waals surface area (Å²) in [6.07, 6.45) is 1.87. The second kappa shape index (κ2) is 14.2. The molecule has 1 aliphatic heterocycles. The van der Waals surface area contributed by atoms with Crippen LogP contribution in [0.1, 0.15) is 78.2 Å². The molecule has 202 valence electrons. The van der Waals surface area contributed by atoms with Gasteiger partial charge in [0.1, 0.15) is 6.04 Å². The molecule has 1 heterocycles. The van der Waals surface area contributed by atoms with Gasteiger partial charge in [0, 0.05) is 25.9 Å². The molecule has 8 nitrogen and oxygen atoms in total. The lowest BCUT2D eigenvalue weighted by Gasteiger charge is -2.48. The number of methoxy groups -OCH3 is 1. The van der Waals surface area contributed by atoms with Gasteiger partial charge in [0.2, 0.25) is 12.3 Å². The first-order valence-corrected chi connectivity index (χ1v) is 13.0. The van der Waals surface area contributed by atoms with Crippen LogP contribution in [0, 0.1) is 0 Å². The molecule has 0 radical (unpaired) electrons. The van der Waals surface area contributed by atoms with Crippen molar-refractivity contribution in [2.24, 2.45) is 0 Å². The normalized spacial score (nSPS) is 23.5. The molecule has 2 unspecified atom stereocenters. The lowest BCUT2D eigenvalue weighted by Crippen LogP contribution is -2.67. The van der Waals surface area contributed by atoms with Crippen LogP contribution in [-0.2, 0) is 25.6 Å². The van der Waals surface area contributed by atoms with Crippen LogP contribution in [0.25, 0.3) is 0 Å². The van der Waals surface area contributed by atoms with Crippen molar-refractivity contribution in [3.63, 3.8) is 0 Å². The molecule has 36 heavy (non-hydrogen) atoms. The van der Waals surface area contributed by atoms with Crippen molar-refractivity contribution in [1.82, 2.24) is 15.5 Å². The fourth-order valence-electron chi connectivity index (χ4n) is 5.35. The summed E-state index contributed by atoms with van der Waals surface area (Å²) in [5.41, 5.74) is 0.111. The molecular weight excluding hydrogens is 465 g/mol. The molecule has 1 saturated heterocycles. The van der Waals surface area contributed by atoms with Crippen LogP contribution in [0.2, 0.25) is 0 Å². The van der Waals surface area contributed by atoms with E-state index in [0.29, 0.717) is 19.4 Å². The topological polar surface area (TPSA) is 97.0 Å². The van der Waals surface area contributed by atoms with Crippen molar-refractivity contribution in [2.75, 3.05) is 7.11 Å². The molecule has 2 rings (SSSR count). The summed E-state index contributed by atoms with van der Waals surface area (Å²) in [7, 11) is 1.28. The Morgan fingerprint density at radius 2 is 1.86 bits per heavy atom. The third-order valence-corrected chi connectivity index (χ3v) is 7.03. The lowest BCUT2D eigenvalue weighted by atomic mass is 9.78. The minimum atomic E-state index is -1.70. The van der Waals surface area contributed by atoms with Crippen molar-refractivity contribution >= 4 is 18.0 Å². The average molecular weight is 508 g/mol. The molecule has 0 spiro atoms. The predicted molar refractivity (Wildman–Crippen MR) is 136 cm³/mol. The van der Waals surface area contributed by atoms with Gasteiger partial charge < -0.3 is 20.1 Å². The first kappa shape index (κ1) is 29.5. The van der Waals surface area contributed by atoms with E-state index >= 15 is 0 Å². The largest absolute Gasteiger partial charge is 0.453 e. The number of alkyl carbamates (subject to hydrolysis) is 1. The van der Waals surface area contributed by atoms with Crippen LogP contribution < -0.4 is 10.6 Å². The standard InChI is InChI=1S/C27H42FN3O5/c1-6-8-12-16-27(19(3)29-20(4)32)23(30-26(34)35-5)17-22(25(33)36-24(28)13-7-2)31(27)18-21-14-10-9-11-15-21/h9-11,14-15,19,22-24H,6-8,12-13,16-18H2,1-5H3,(H,29,32)(H,30,34)/t19?,22-,23-,24?,27+/m1/s1. The SMILES string of the molecule is CCCCC[C@]1(C(C)NC(C)=O)[C@H](NC(=O)OC)C[C@H](C(=O)OC(F)CCC)N1Cc1ccccc1. The number of halogens is 1. The number of hydrogen-bond acceptors (Lipinski definition) is 6. The summed E-state index contributed by atoms with van der Waals surface area (Å²) in [6.45, 7) is 7.61. The van der Waals surface area contributed by atoms with E-state index in [-0.39, 0.29) is 18.7 Å². The molecule has 0 bridgehead atoms. The number of hydrogen-bond donors (Lipinski definition) is 2. The molecule has 0 saturated carbocycles. The Bertz CT molecular complexity index is 855. The van der Waals surface area contributed by atoms with Crippen LogP contribution in [0.4, 0.5) is 9.18 Å². The minimum Gasteiger partial charge on any atom is -0.453 e. The van der Waals surface area contributed by atoms with Gasteiger partial charge in [0.05, 0.1) is 18.7 Å². The Morgan fingerprint density at radius 1 is 1.17 bits per heavy atom. The first-order valence-electron chi connectivity index (χ1n) is 13.0. The molecule has 1 aliphatic rings. The van der Waals surface area contributed by atoms with Crippen molar-refractivity contribution in [1.29, 1.82) is 0 Å². The summed E-state index contributed by atoms with van der Waals surface area (Å²) < 4.78 is 24.5. The molecule has 2 amide bonds. The Kier molecular flexibility index (Phi) is 11.6. The van der Waals surface area contributed by atoms with Gasteiger partial charge in [-0.3, -0.25) is 14.5 Å². The van der Waals surface area contributed by atoms with Crippen molar-refractivity contribution < 1.29 is 28.2 Å². The molecule has 1 fully saturated rings. The molecule has 1 aromatic rings. The molecule has 0 aliphatic carbocycles. The number of esters is 1. The van der Waals surface area contributed by atoms with Crippen LogP contribution in [0.5, 0.6) is 0 Å². The number of nitrogens with one attached hydrogen (secondary N) is 2. The van der Waals surface area contributed by atoms with Gasteiger partial charge in [0.25, 0.3) is 0 Å². The number of ether oxygens (including phenoxy) is 2. The Morgan fingerprint density at radius 3 is 2.44 bits per heavy atom. The number of carbonyl (C=O) groups is 3. The first-order chi connectivity index (χ1) is 17.2. The summed E-state index contributed by atoms with van der Waals surface area (Å²) >= 11 is 0. The molecule has 5 atom stereocenters. The molecular formula is C27H42FN3O5. The van der Waals surface area contributed by atoms with E-state index in [1.807, 2.05) is 49.1 Å². The summed E-state index contributed by atoms with van der Waals surface area (Å²) in [4.78, 5) is 40.0. The minimum absolute atomic E-state index is 0.116. The highest BCUT2D eigenvalue weighted by molar-refractivity contribution is 5.78. The van der Waals surface area contributed by atoms with Crippen LogP contribution >= 0.6 is 0 Å². The number of carbonyl (C=O) groups excluding carboxylic acids is 3. The van der Waals surface area contributed by atoms with Gasteiger partial charge in [-0.25, -0.2) is 9.18 Å². The Balaban J connectivity index is 2.61. The fraction of sp³-hybridized carbons (Fsp3) is 0.667. The van der Waals surface area contributed by atoms with Crippen LogP contribution in [-0.4, -0.2) is 60.0 Å². The van der Waals surface area contributed by atoms with Gasteiger partial charge in [0.15, 0.2) is 0 Å². The van der Waals surface area contributed by atoms with Crippen molar-refractivity contribution in [3.8, 4) is 0 Å². The molecule has 2 N–H and O–H groups in total. The number of benzene rings is 1. The fourth-order valence-corrected chi connectivity index (χ4v) is 5.35. The predicted octanol–water partition coefficient (Wildman–Crippen LogP) is 4.47. The van der Waals surface area contributed by atoms with E-state index in [9.17, 15) is 18.8 Å². The van der Waals surface area contributed by atoms with Gasteiger partial charge in [-0.1, -0.05) is 63.4 Å². The van der Waals surface area contributed by atoms with Gasteiger partial charge in [-0.05, 0) is 31.7 Å². The monoisotopic (exact) mass is 507 g/mol. The van der Waals surface area contributed by atoms with Crippen molar-refractivity contribution in [3.05, 3.63) is 35.9 Å². The highest BCUT2D eigenvalue weighted by Gasteiger charge is 2.59. The zero-order chi connectivity index (χ0) is 26.7. The lowest BCUT2D eigenvalue weighted by molar-refractivity contribution is -0.166. The Hall–Kier alpha value is -2.68. The van der Waals surface area contributed by atoms with Crippen LogP contribution in [0.3, 0.4) is 0 Å². The quantitative estimate of drug-likeness (QED) is 0.302. The summed E-state index contributed by atoms with van der Waals surface area (Å²) in [5.74, 6) is -0.887. The van der Waals surface area contributed by atoms with E-state index in [2.05, 4.69) is 17.6 Å². The number of amides is 2. The highest BCUT2D eigenvalue weighted by Crippen LogP contribution is 2.43. The number of nitrogens with zero attached hydrogens (tertiary/aromatic N) is 1. The highest BCUT2D eigenvalue weighted by atomic mass is 19.1. The number of unbranched alkanes of at least 4 members (excludes halogenated alkanes) is 2. The third-order valence-electron chi connectivity index (χ3n) is 7.03. The maximum Gasteiger partial charge on any atom is 0.407 e. The smallest absolute Gasteiger partial charge is 0.407 e. The summed E-state index contributed by atoms with van der Waals surface area (Å²) in [5, 5.41) is 5.94. The van der Waals surface area contributed by atoms with E-state index in [0.717, 1.165) is 24.8 Å². The van der Waals surface area contributed by atoms with Crippen LogP contribution in [0.15, 0.2) is 30.3 Å². The maximum absolute atomic E-state index is 14.4. The zero-order valence-electron chi connectivity index (χ0n) is 22.2. The Labute approximate surface area is 214 Å². The third kappa shape index (κ3) is 7.41. The van der Waals surface area contributed by atoms with Gasteiger partial charge in [-0.15, -0.1) is 0 Å². The van der Waals surface area contributed by atoms with E-state index in [1.165, 1.54) is 14.0 Å². The number of rotatable bonds is 13. The summed E-state index contributed by atoms with van der Waals surface area (Å²) in [6, 6.07) is 7.85. The average Bonchev–Trinajstić information content (AvgIpc) is 3.13. The number of alkyl halides is 1. The maximum atomic E-state index is 14.4. The second-order valence-corrected chi connectivity index (χ2v) is 9.56. The number of likely N-dealkylation sites (tertiary alicyclic amines) is 1. The zero-order valence-corrected chi connectivity index (χ0v) is 22.2. The molecule has 0 aromatic heterocycles. The molecule has 1 aromatic carbocycles. The molecule has 9 heteroatoms. The second-order valence-electron chi connectivity index (χ2n) is 9.56. The van der Waals surface area contributed by atoms with Crippen molar-refractivity contribution in [2.45, 2.75) is 109 Å². The van der Waals surface area contributed by atoms with E-state index in [4.69, 9.17) is 9.47 Å².